The molecule has 1 saturated heterocycles. The first-order chi connectivity index (χ1) is 18.9. The summed E-state index contributed by atoms with van der Waals surface area (Å²) in [7, 11) is 0. The van der Waals surface area contributed by atoms with E-state index in [-0.39, 0.29) is 24.9 Å². The molecule has 5 heterocycles. The molecule has 39 heavy (non-hydrogen) atoms. The number of rotatable bonds is 12. The Hall–Kier alpha value is -3.28. The van der Waals surface area contributed by atoms with E-state index in [4.69, 9.17) is 9.97 Å². The molecule has 0 spiro atoms. The van der Waals surface area contributed by atoms with Crippen LogP contribution < -0.4 is 4.90 Å². The summed E-state index contributed by atoms with van der Waals surface area (Å²) in [4.78, 5) is 28.3. The summed E-state index contributed by atoms with van der Waals surface area (Å²) in [5.41, 5.74) is 3.25. The van der Waals surface area contributed by atoms with Gasteiger partial charge in [0.2, 0.25) is 0 Å². The maximum absolute atomic E-state index is 13.4. The highest BCUT2D eigenvalue weighted by molar-refractivity contribution is 7.13. The number of nitrogens with zero attached hydrogens (tertiary/aromatic N) is 6. The van der Waals surface area contributed by atoms with Crippen molar-refractivity contribution in [2.24, 2.45) is 0 Å². The second-order valence-corrected chi connectivity index (χ2v) is 10.6. The van der Waals surface area contributed by atoms with Crippen molar-refractivity contribution in [3.63, 3.8) is 0 Å². The van der Waals surface area contributed by atoms with Gasteiger partial charge in [-0.1, -0.05) is 19.9 Å². The minimum Gasteiger partial charge on any atom is -0.351 e. The van der Waals surface area contributed by atoms with Crippen LogP contribution in [0.5, 0.6) is 0 Å². The lowest BCUT2D eigenvalue weighted by molar-refractivity contribution is -0.167. The topological polar surface area (TPSA) is 75.9 Å². The van der Waals surface area contributed by atoms with Gasteiger partial charge in [0.15, 0.2) is 11.4 Å². The fraction of sp³-hybridized carbons (Fsp3) is 0.429. The van der Waals surface area contributed by atoms with Crippen LogP contribution in [0, 0.1) is 0 Å². The van der Waals surface area contributed by atoms with Crippen molar-refractivity contribution in [1.82, 2.24) is 24.5 Å². The number of anilines is 1. The Morgan fingerprint density at radius 2 is 1.97 bits per heavy atom. The first-order valence-electron chi connectivity index (χ1n) is 13.2. The van der Waals surface area contributed by atoms with E-state index in [1.165, 1.54) is 0 Å². The number of Topliss-reactive ketones (excluding diaryl/α,β-unsaturated/α-hetero) is 1. The van der Waals surface area contributed by atoms with Crippen LogP contribution in [0.15, 0.2) is 48.1 Å². The van der Waals surface area contributed by atoms with Gasteiger partial charge in [-0.2, -0.15) is 13.9 Å². The normalized spacial score (nSPS) is 14.9. The molecule has 1 fully saturated rings. The summed E-state index contributed by atoms with van der Waals surface area (Å²) >= 11 is 1.60. The van der Waals surface area contributed by atoms with E-state index in [2.05, 4.69) is 35.5 Å². The van der Waals surface area contributed by atoms with Crippen molar-refractivity contribution < 1.29 is 18.3 Å². The van der Waals surface area contributed by atoms with Gasteiger partial charge in [-0.05, 0) is 56.1 Å². The van der Waals surface area contributed by atoms with E-state index in [1.807, 2.05) is 34.7 Å². The van der Waals surface area contributed by atoms with Crippen LogP contribution in [0.1, 0.15) is 44.0 Å². The number of carbonyl (C=O) groups excluding carboxylic acids is 1. The van der Waals surface area contributed by atoms with E-state index in [0.717, 1.165) is 30.1 Å². The molecule has 4 aromatic heterocycles. The SMILES string of the molecule is CCN(CC)[C@@H](C)CCC(=O)c1cc(-c2cnn3ccc(-c4cccs4)nc23)nc(N2CC(OC(F)F)C2)c1. The molecule has 0 aromatic carbocycles. The van der Waals surface area contributed by atoms with Crippen molar-refractivity contribution >= 4 is 28.6 Å². The lowest BCUT2D eigenvalue weighted by Gasteiger charge is -2.39. The average molecular weight is 555 g/mol. The highest BCUT2D eigenvalue weighted by atomic mass is 32.1. The van der Waals surface area contributed by atoms with E-state index in [0.29, 0.717) is 34.7 Å². The van der Waals surface area contributed by atoms with Gasteiger partial charge in [-0.15, -0.1) is 11.3 Å². The van der Waals surface area contributed by atoms with Crippen molar-refractivity contribution in [2.45, 2.75) is 52.4 Å². The Morgan fingerprint density at radius 1 is 1.18 bits per heavy atom. The van der Waals surface area contributed by atoms with Crippen LogP contribution in [-0.2, 0) is 4.74 Å². The molecule has 0 radical (unpaired) electrons. The van der Waals surface area contributed by atoms with Gasteiger partial charge < -0.3 is 14.5 Å². The van der Waals surface area contributed by atoms with Crippen molar-refractivity contribution in [3.8, 4) is 21.8 Å². The molecule has 0 amide bonds. The highest BCUT2D eigenvalue weighted by Crippen LogP contribution is 2.31. The molecule has 1 aliphatic heterocycles. The number of hydrogen-bond acceptors (Lipinski definition) is 8. The standard InChI is InChI=1S/C28H32F2N6O2S/c1-4-34(5-2)18(3)8-9-24(37)19-13-23(32-26(14-19)35-16-20(17-35)38-28(29)30)21-15-31-36-11-10-22(33-27(21)36)25-7-6-12-39-25/h6-7,10-15,18,20,28H,4-5,8-9,16-17H2,1-3H3/t18-/m0/s1. The summed E-state index contributed by atoms with van der Waals surface area (Å²) in [5, 5.41) is 6.45. The molecular formula is C28H32F2N6O2S. The third-order valence-electron chi connectivity index (χ3n) is 7.24. The molecule has 1 atom stereocenters. The van der Waals surface area contributed by atoms with Crippen molar-refractivity contribution in [1.29, 1.82) is 0 Å². The van der Waals surface area contributed by atoms with Crippen molar-refractivity contribution in [2.75, 3.05) is 31.1 Å². The number of carbonyl (C=O) groups is 1. The third-order valence-corrected chi connectivity index (χ3v) is 8.14. The fourth-order valence-electron chi connectivity index (χ4n) is 4.96. The number of halogens is 2. The Bertz CT molecular complexity index is 1420. The molecule has 1 aliphatic rings. The maximum Gasteiger partial charge on any atom is 0.345 e. The predicted octanol–water partition coefficient (Wildman–Crippen LogP) is 5.64. The van der Waals surface area contributed by atoms with Crippen LogP contribution >= 0.6 is 11.3 Å². The Kier molecular flexibility index (Phi) is 8.29. The van der Waals surface area contributed by atoms with Crippen LogP contribution in [0.4, 0.5) is 14.6 Å². The van der Waals surface area contributed by atoms with Crippen molar-refractivity contribution in [3.05, 3.63) is 53.7 Å². The second kappa shape index (κ2) is 11.8. The van der Waals surface area contributed by atoms with E-state index in [9.17, 15) is 13.6 Å². The molecule has 0 saturated carbocycles. The molecule has 0 unspecified atom stereocenters. The lowest BCUT2D eigenvalue weighted by atomic mass is 10.0. The summed E-state index contributed by atoms with van der Waals surface area (Å²) in [6.07, 6.45) is 4.11. The number of aromatic nitrogens is 4. The first kappa shape index (κ1) is 27.3. The second-order valence-electron chi connectivity index (χ2n) is 9.67. The van der Waals surface area contributed by atoms with E-state index < -0.39 is 12.7 Å². The molecule has 4 aromatic rings. The largest absolute Gasteiger partial charge is 0.351 e. The number of fused-ring (bicyclic) bond motifs is 1. The number of alkyl halides is 2. The van der Waals surface area contributed by atoms with Gasteiger partial charge in [-0.25, -0.2) is 14.5 Å². The predicted molar refractivity (Wildman–Crippen MR) is 149 cm³/mol. The summed E-state index contributed by atoms with van der Waals surface area (Å²) in [6.45, 7) is 5.99. The number of thiophene rings is 1. The molecule has 5 rings (SSSR count). The summed E-state index contributed by atoms with van der Waals surface area (Å²) in [5.74, 6) is 0.569. The van der Waals surface area contributed by atoms with Gasteiger partial charge in [0.05, 0.1) is 34.1 Å². The van der Waals surface area contributed by atoms with E-state index in [1.54, 1.807) is 34.2 Å². The van der Waals surface area contributed by atoms with Crippen LogP contribution in [0.25, 0.3) is 27.5 Å². The first-order valence-corrected chi connectivity index (χ1v) is 14.1. The van der Waals surface area contributed by atoms with Gasteiger partial charge in [0, 0.05) is 37.3 Å². The minimum absolute atomic E-state index is 0.0171. The van der Waals surface area contributed by atoms with Crippen LogP contribution in [0.3, 0.4) is 0 Å². The number of pyridine rings is 1. The Balaban J connectivity index is 1.47. The lowest BCUT2D eigenvalue weighted by Crippen LogP contribution is -2.53. The number of hydrogen-bond donors (Lipinski definition) is 0. The summed E-state index contributed by atoms with van der Waals surface area (Å²) in [6, 6.07) is 9.72. The van der Waals surface area contributed by atoms with Crippen LogP contribution in [-0.4, -0.2) is 75.2 Å². The molecule has 206 valence electrons. The molecular weight excluding hydrogens is 522 g/mol. The average Bonchev–Trinajstić information content (AvgIpc) is 3.59. The maximum atomic E-state index is 13.4. The third kappa shape index (κ3) is 6.00. The highest BCUT2D eigenvalue weighted by Gasteiger charge is 2.32. The number of ketones is 1. The quantitative estimate of drug-likeness (QED) is 0.210. The minimum atomic E-state index is -2.82. The zero-order valence-electron chi connectivity index (χ0n) is 22.3. The Morgan fingerprint density at radius 3 is 2.67 bits per heavy atom. The monoisotopic (exact) mass is 554 g/mol. The van der Waals surface area contributed by atoms with E-state index >= 15 is 0 Å². The van der Waals surface area contributed by atoms with Gasteiger partial charge in [0.1, 0.15) is 5.82 Å². The van der Waals surface area contributed by atoms with Crippen LogP contribution in [0.2, 0.25) is 0 Å². The smallest absolute Gasteiger partial charge is 0.345 e. The molecule has 0 N–H and O–H groups in total. The molecule has 0 aliphatic carbocycles. The fourth-order valence-corrected chi connectivity index (χ4v) is 5.65. The summed E-state index contributed by atoms with van der Waals surface area (Å²) < 4.78 is 31.7. The van der Waals surface area contributed by atoms with Gasteiger partial charge >= 0.3 is 6.61 Å². The molecule has 8 nitrogen and oxygen atoms in total. The zero-order chi connectivity index (χ0) is 27.5. The zero-order valence-corrected chi connectivity index (χ0v) is 23.1. The van der Waals surface area contributed by atoms with Gasteiger partial charge in [-0.3, -0.25) is 4.79 Å². The number of ether oxygens (including phenoxy) is 1. The Labute approximate surface area is 230 Å². The molecule has 0 bridgehead atoms. The molecule has 11 heteroatoms. The van der Waals surface area contributed by atoms with Gasteiger partial charge in [0.25, 0.3) is 0 Å².